The first-order valence-corrected chi connectivity index (χ1v) is 7.46. The van der Waals surface area contributed by atoms with E-state index in [1.54, 1.807) is 38.6 Å². The highest BCUT2D eigenvalue weighted by Crippen LogP contribution is 2.27. The topological polar surface area (TPSA) is 69.2 Å². The van der Waals surface area contributed by atoms with Gasteiger partial charge < -0.3 is 14.2 Å². The molecule has 0 fully saturated rings. The molecule has 2 aromatic carbocycles. The smallest absolute Gasteiger partial charge is 0.271 e. The van der Waals surface area contributed by atoms with Crippen LogP contribution >= 0.6 is 0 Å². The average Bonchev–Trinajstić information content (AvgIpc) is 2.62. The van der Waals surface area contributed by atoms with Gasteiger partial charge in [-0.2, -0.15) is 5.10 Å². The van der Waals surface area contributed by atoms with E-state index in [0.29, 0.717) is 23.7 Å². The van der Waals surface area contributed by atoms with Gasteiger partial charge in [-0.05, 0) is 42.8 Å². The van der Waals surface area contributed by atoms with Gasteiger partial charge in [0.1, 0.15) is 5.75 Å². The molecule has 1 N–H and O–H groups in total. The Labute approximate surface area is 141 Å². The molecule has 0 spiro atoms. The average molecular weight is 328 g/mol. The first-order chi connectivity index (χ1) is 11.7. The summed E-state index contributed by atoms with van der Waals surface area (Å²) in [4.78, 5) is 12.2. The van der Waals surface area contributed by atoms with Crippen molar-refractivity contribution in [2.45, 2.75) is 6.92 Å². The number of nitrogens with one attached hydrogen (secondary N) is 1. The fourth-order valence-electron chi connectivity index (χ4n) is 2.04. The van der Waals surface area contributed by atoms with Gasteiger partial charge in [0.25, 0.3) is 5.91 Å². The first-order valence-electron chi connectivity index (χ1n) is 7.46. The third-order valence-electron chi connectivity index (χ3n) is 3.20. The molecule has 126 valence electrons. The van der Waals surface area contributed by atoms with Crippen LogP contribution < -0.4 is 19.6 Å². The van der Waals surface area contributed by atoms with Crippen molar-refractivity contribution in [1.29, 1.82) is 0 Å². The van der Waals surface area contributed by atoms with E-state index >= 15 is 0 Å². The van der Waals surface area contributed by atoms with Crippen molar-refractivity contribution >= 4 is 12.1 Å². The molecule has 0 atom stereocenters. The lowest BCUT2D eigenvalue weighted by Crippen LogP contribution is -2.17. The summed E-state index contributed by atoms with van der Waals surface area (Å²) in [6, 6.07) is 12.3. The van der Waals surface area contributed by atoms with Crippen molar-refractivity contribution in [2.75, 3.05) is 20.8 Å². The Bertz CT molecular complexity index is 729. The number of hydrogen-bond donors (Lipinski definition) is 1. The van der Waals surface area contributed by atoms with Gasteiger partial charge in [-0.15, -0.1) is 0 Å². The quantitative estimate of drug-likeness (QED) is 0.627. The number of carbonyl (C=O) groups is 1. The zero-order valence-electron chi connectivity index (χ0n) is 13.9. The van der Waals surface area contributed by atoms with Crippen molar-refractivity contribution in [1.82, 2.24) is 5.43 Å². The summed E-state index contributed by atoms with van der Waals surface area (Å²) in [7, 11) is 3.15. The van der Waals surface area contributed by atoms with E-state index in [4.69, 9.17) is 14.2 Å². The van der Waals surface area contributed by atoms with E-state index in [1.165, 1.54) is 0 Å². The molecule has 0 unspecified atom stereocenters. The van der Waals surface area contributed by atoms with E-state index in [-0.39, 0.29) is 5.91 Å². The zero-order valence-corrected chi connectivity index (χ0v) is 13.9. The molecule has 6 heteroatoms. The van der Waals surface area contributed by atoms with Crippen molar-refractivity contribution in [3.63, 3.8) is 0 Å². The lowest BCUT2D eigenvalue weighted by atomic mass is 10.2. The van der Waals surface area contributed by atoms with Gasteiger partial charge in [-0.25, -0.2) is 5.43 Å². The molecular formula is C18H20N2O4. The van der Waals surface area contributed by atoms with Crippen LogP contribution in [0.4, 0.5) is 0 Å². The number of rotatable bonds is 7. The third-order valence-corrected chi connectivity index (χ3v) is 3.20. The lowest BCUT2D eigenvalue weighted by molar-refractivity contribution is 0.0954. The van der Waals surface area contributed by atoms with Gasteiger partial charge in [-0.3, -0.25) is 4.79 Å². The molecule has 0 radical (unpaired) electrons. The Balaban J connectivity index is 2.06. The van der Waals surface area contributed by atoms with Gasteiger partial charge in [0, 0.05) is 5.56 Å². The van der Waals surface area contributed by atoms with Crippen molar-refractivity contribution in [2.24, 2.45) is 5.10 Å². The van der Waals surface area contributed by atoms with Crippen molar-refractivity contribution < 1.29 is 19.0 Å². The molecule has 0 aromatic heterocycles. The minimum atomic E-state index is -0.335. The number of hydrazone groups is 1. The number of ether oxygens (including phenoxy) is 3. The largest absolute Gasteiger partial charge is 0.497 e. The van der Waals surface area contributed by atoms with Crippen LogP contribution in [0.25, 0.3) is 0 Å². The minimum absolute atomic E-state index is 0.335. The van der Waals surface area contributed by atoms with Gasteiger partial charge in [0.05, 0.1) is 27.0 Å². The maximum absolute atomic E-state index is 12.2. The molecule has 0 aliphatic heterocycles. The number of amides is 1. The van der Waals surface area contributed by atoms with Crippen LogP contribution in [0, 0.1) is 0 Å². The number of nitrogens with zero attached hydrogens (tertiary/aromatic N) is 1. The second-order valence-corrected chi connectivity index (χ2v) is 4.77. The molecule has 2 aromatic rings. The Morgan fingerprint density at radius 1 is 1.12 bits per heavy atom. The fraction of sp³-hybridized carbons (Fsp3) is 0.222. The van der Waals surface area contributed by atoms with Gasteiger partial charge in [0.15, 0.2) is 11.5 Å². The van der Waals surface area contributed by atoms with Crippen LogP contribution in [0.3, 0.4) is 0 Å². The maximum atomic E-state index is 12.2. The van der Waals surface area contributed by atoms with Gasteiger partial charge >= 0.3 is 0 Å². The summed E-state index contributed by atoms with van der Waals surface area (Å²) in [5, 5.41) is 3.96. The summed E-state index contributed by atoms with van der Waals surface area (Å²) < 4.78 is 15.8. The van der Waals surface area contributed by atoms with Gasteiger partial charge in [0.2, 0.25) is 0 Å². The number of methoxy groups -OCH3 is 2. The molecular weight excluding hydrogens is 308 g/mol. The number of benzene rings is 2. The van der Waals surface area contributed by atoms with Crippen LogP contribution in [-0.4, -0.2) is 32.9 Å². The monoisotopic (exact) mass is 328 g/mol. The Kier molecular flexibility index (Phi) is 6.19. The lowest BCUT2D eigenvalue weighted by Gasteiger charge is -2.10. The van der Waals surface area contributed by atoms with Crippen LogP contribution in [0.5, 0.6) is 17.2 Å². The van der Waals surface area contributed by atoms with Crippen LogP contribution in [0.1, 0.15) is 22.8 Å². The molecule has 24 heavy (non-hydrogen) atoms. The summed E-state index contributed by atoms with van der Waals surface area (Å²) in [5.74, 6) is 1.48. The molecule has 0 aliphatic carbocycles. The zero-order chi connectivity index (χ0) is 17.4. The van der Waals surface area contributed by atoms with Crippen molar-refractivity contribution in [3.05, 3.63) is 53.6 Å². The van der Waals surface area contributed by atoms with Crippen LogP contribution in [0.15, 0.2) is 47.6 Å². The highest BCUT2D eigenvalue weighted by Gasteiger charge is 2.10. The highest BCUT2D eigenvalue weighted by molar-refractivity contribution is 5.95. The Morgan fingerprint density at radius 3 is 2.67 bits per heavy atom. The van der Waals surface area contributed by atoms with E-state index in [9.17, 15) is 4.79 Å². The molecule has 1 amide bonds. The second kappa shape index (κ2) is 8.57. The first kappa shape index (κ1) is 17.3. The summed E-state index contributed by atoms with van der Waals surface area (Å²) >= 11 is 0. The van der Waals surface area contributed by atoms with Crippen LogP contribution in [-0.2, 0) is 0 Å². The molecule has 2 rings (SSSR count). The van der Waals surface area contributed by atoms with Crippen LogP contribution in [0.2, 0.25) is 0 Å². The predicted octanol–water partition coefficient (Wildman–Crippen LogP) is 2.87. The summed E-state index contributed by atoms with van der Waals surface area (Å²) in [6.45, 7) is 2.35. The molecule has 0 saturated carbocycles. The van der Waals surface area contributed by atoms with E-state index < -0.39 is 0 Å². The predicted molar refractivity (Wildman–Crippen MR) is 92.2 cm³/mol. The normalized spacial score (nSPS) is 10.5. The van der Waals surface area contributed by atoms with Gasteiger partial charge in [-0.1, -0.05) is 12.1 Å². The second-order valence-electron chi connectivity index (χ2n) is 4.77. The molecule has 0 saturated heterocycles. The maximum Gasteiger partial charge on any atom is 0.271 e. The SMILES string of the molecule is CCOc1cc(C(=O)N/N=C/c2cccc(OC)c2)ccc1OC. The van der Waals surface area contributed by atoms with E-state index in [2.05, 4.69) is 10.5 Å². The fourth-order valence-corrected chi connectivity index (χ4v) is 2.04. The number of hydrogen-bond acceptors (Lipinski definition) is 5. The summed E-state index contributed by atoms with van der Waals surface area (Å²) in [5.41, 5.74) is 3.74. The summed E-state index contributed by atoms with van der Waals surface area (Å²) in [6.07, 6.45) is 1.55. The third kappa shape index (κ3) is 4.49. The van der Waals surface area contributed by atoms with E-state index in [0.717, 1.165) is 11.3 Å². The standard InChI is InChI=1S/C18H20N2O4/c1-4-24-17-11-14(8-9-16(17)23-3)18(21)20-19-12-13-6-5-7-15(10-13)22-2/h5-12H,4H2,1-3H3,(H,20,21)/b19-12+. The minimum Gasteiger partial charge on any atom is -0.497 e. The Hall–Kier alpha value is -3.02. The molecule has 0 bridgehead atoms. The van der Waals surface area contributed by atoms with Crippen molar-refractivity contribution in [3.8, 4) is 17.2 Å². The number of carbonyl (C=O) groups excluding carboxylic acids is 1. The molecule has 0 heterocycles. The van der Waals surface area contributed by atoms with E-state index in [1.807, 2.05) is 31.2 Å². The highest BCUT2D eigenvalue weighted by atomic mass is 16.5. The Morgan fingerprint density at radius 2 is 1.96 bits per heavy atom. The molecule has 0 aliphatic rings. The molecule has 6 nitrogen and oxygen atoms in total.